The van der Waals surface area contributed by atoms with Crippen molar-refractivity contribution in [1.82, 2.24) is 20.8 Å². The maximum absolute atomic E-state index is 12.2. The molecule has 0 unspecified atom stereocenters. The average molecular weight is 283 g/mol. The predicted octanol–water partition coefficient (Wildman–Crippen LogP) is 0.888. The smallest absolute Gasteiger partial charge is 0.280 e. The van der Waals surface area contributed by atoms with Gasteiger partial charge in [0.15, 0.2) is 0 Å². The number of hydrogen-bond donors (Lipinski definition) is 3. The van der Waals surface area contributed by atoms with Crippen molar-refractivity contribution in [1.29, 1.82) is 0 Å². The summed E-state index contributed by atoms with van der Waals surface area (Å²) in [5, 5.41) is 6.89. The number of nitrogens with one attached hydrogen (secondary N) is 3. The van der Waals surface area contributed by atoms with Gasteiger partial charge in [-0.1, -0.05) is 29.8 Å². The lowest BCUT2D eigenvalue weighted by atomic mass is 9.88. The lowest BCUT2D eigenvalue weighted by molar-refractivity contribution is -0.272. The van der Waals surface area contributed by atoms with Crippen LogP contribution in [0.25, 0.3) is 0 Å². The van der Waals surface area contributed by atoms with Gasteiger partial charge in [-0.2, -0.15) is 5.10 Å². The van der Waals surface area contributed by atoms with Gasteiger partial charge in [0.2, 0.25) is 5.91 Å². The van der Waals surface area contributed by atoms with Gasteiger partial charge >= 0.3 is 0 Å². The molecule has 8 nitrogen and oxygen atoms in total. The lowest BCUT2D eigenvalue weighted by Crippen LogP contribution is -2.30. The van der Waals surface area contributed by atoms with Crippen LogP contribution < -0.4 is 21.2 Å². The predicted molar refractivity (Wildman–Crippen MR) is 72.3 cm³/mol. The first-order valence-corrected chi connectivity index (χ1v) is 6.80. The third-order valence-corrected chi connectivity index (χ3v) is 3.38. The zero-order valence-corrected chi connectivity index (χ0v) is 11.8. The number of carbonyl (C=O) groups excluding carboxylic acids is 1. The average Bonchev–Trinajstić information content (AvgIpc) is 2.81. The van der Waals surface area contributed by atoms with Crippen LogP contribution in [-0.4, -0.2) is 22.7 Å². The van der Waals surface area contributed by atoms with Crippen LogP contribution in [0.2, 0.25) is 0 Å². The molecule has 0 aliphatic heterocycles. The van der Waals surface area contributed by atoms with Crippen LogP contribution in [0, 0.1) is 5.92 Å². The van der Waals surface area contributed by atoms with E-state index in [4.69, 9.17) is 9.88 Å². The first kappa shape index (κ1) is 14.8. The molecular weight excluding hydrogens is 262 g/mol. The molecule has 1 saturated carbocycles. The molecule has 1 heterocycles. The molecule has 0 bridgehead atoms. The fraction of sp³-hybridized carbons (Fsp3) is 0.667. The van der Waals surface area contributed by atoms with E-state index in [2.05, 4.69) is 21.4 Å². The number of amides is 1. The van der Waals surface area contributed by atoms with Crippen LogP contribution in [0.4, 0.5) is 5.69 Å². The second-order valence-electron chi connectivity index (χ2n) is 4.83. The molecule has 0 atom stereocenters. The van der Waals surface area contributed by atoms with Crippen LogP contribution in [0.15, 0.2) is 6.20 Å². The van der Waals surface area contributed by atoms with E-state index >= 15 is 0 Å². The minimum Gasteiger partial charge on any atom is -0.320 e. The van der Waals surface area contributed by atoms with Crippen molar-refractivity contribution in [3.05, 3.63) is 6.20 Å². The number of anilines is 1. The molecule has 20 heavy (non-hydrogen) atoms. The largest absolute Gasteiger partial charge is 0.320 e. The van der Waals surface area contributed by atoms with Gasteiger partial charge in [0.25, 0.3) is 5.88 Å². The summed E-state index contributed by atoms with van der Waals surface area (Å²) in [4.78, 5) is 21.9. The molecule has 1 aromatic rings. The van der Waals surface area contributed by atoms with Crippen LogP contribution in [-0.2, 0) is 16.8 Å². The minimum absolute atomic E-state index is 0.0177. The van der Waals surface area contributed by atoms with Crippen LogP contribution in [0.3, 0.4) is 0 Å². The molecule has 112 valence electrons. The van der Waals surface area contributed by atoms with Gasteiger partial charge in [-0.05, 0) is 12.8 Å². The van der Waals surface area contributed by atoms with E-state index in [9.17, 15) is 4.79 Å². The summed E-state index contributed by atoms with van der Waals surface area (Å²) in [6.07, 6.45) is 6.88. The monoisotopic (exact) mass is 283 g/mol. The Labute approximate surface area is 117 Å². The van der Waals surface area contributed by atoms with E-state index < -0.39 is 0 Å². The highest BCUT2D eigenvalue weighted by Crippen LogP contribution is 2.28. The molecule has 1 aliphatic carbocycles. The van der Waals surface area contributed by atoms with Gasteiger partial charge in [0.1, 0.15) is 5.69 Å². The maximum Gasteiger partial charge on any atom is 0.280 e. The van der Waals surface area contributed by atoms with Gasteiger partial charge < -0.3 is 5.32 Å². The Morgan fingerprint density at radius 2 is 2.15 bits per heavy atom. The van der Waals surface area contributed by atoms with Crippen LogP contribution in [0.1, 0.15) is 32.1 Å². The summed E-state index contributed by atoms with van der Waals surface area (Å²) in [5.41, 5.74) is 5.38. The van der Waals surface area contributed by atoms with Crippen LogP contribution in [0.5, 0.6) is 5.88 Å². The third kappa shape index (κ3) is 3.69. The molecule has 1 aromatic heterocycles. The molecular formula is C12H21N5O3. The van der Waals surface area contributed by atoms with E-state index in [1.54, 1.807) is 20.3 Å². The number of aromatic nitrogens is 2. The highest BCUT2D eigenvalue weighted by atomic mass is 17.3. The summed E-state index contributed by atoms with van der Waals surface area (Å²) in [6.45, 7) is 0. The number of nitrogens with zero attached hydrogens (tertiary/aromatic N) is 2. The molecule has 0 saturated heterocycles. The Kier molecular flexibility index (Phi) is 5.33. The fourth-order valence-electron chi connectivity index (χ4n) is 2.31. The quantitative estimate of drug-likeness (QED) is 0.408. The molecule has 0 aromatic carbocycles. The van der Waals surface area contributed by atoms with Crippen molar-refractivity contribution < 1.29 is 14.7 Å². The molecule has 1 aliphatic rings. The van der Waals surface area contributed by atoms with Crippen molar-refractivity contribution in [2.75, 3.05) is 12.4 Å². The number of carbonyl (C=O) groups is 1. The standard InChI is InChI=1S/C12H21N5O3/c1-13-16-20-19-12-10(8-14-17(12)2)15-11(18)9-6-4-3-5-7-9/h8-9,13,16H,3-7H2,1-2H3,(H,15,18). The number of hydrogen-bond acceptors (Lipinski definition) is 6. The fourth-order valence-corrected chi connectivity index (χ4v) is 2.31. The maximum atomic E-state index is 12.2. The summed E-state index contributed by atoms with van der Waals surface area (Å²) in [7, 11) is 3.34. The van der Waals surface area contributed by atoms with E-state index in [0.717, 1.165) is 25.7 Å². The van der Waals surface area contributed by atoms with E-state index in [-0.39, 0.29) is 11.8 Å². The summed E-state index contributed by atoms with van der Waals surface area (Å²) in [5.74, 6) is 0.425. The van der Waals surface area contributed by atoms with Crippen molar-refractivity contribution in [3.8, 4) is 5.88 Å². The number of hydrazine groups is 1. The SMILES string of the molecule is CNNOOc1c(NC(=O)C2CCCCC2)cnn1C. The van der Waals surface area contributed by atoms with Crippen molar-refractivity contribution in [2.45, 2.75) is 32.1 Å². The Morgan fingerprint density at radius 1 is 1.40 bits per heavy atom. The second-order valence-corrected chi connectivity index (χ2v) is 4.83. The Hall–Kier alpha value is -1.64. The molecule has 0 radical (unpaired) electrons. The Morgan fingerprint density at radius 3 is 2.85 bits per heavy atom. The van der Waals surface area contributed by atoms with E-state index in [1.807, 2.05) is 0 Å². The minimum atomic E-state index is 0.0177. The molecule has 0 spiro atoms. The van der Waals surface area contributed by atoms with E-state index in [1.165, 1.54) is 11.1 Å². The van der Waals surface area contributed by atoms with Crippen molar-refractivity contribution >= 4 is 11.6 Å². The second kappa shape index (κ2) is 7.22. The van der Waals surface area contributed by atoms with Gasteiger partial charge in [-0.25, -0.2) is 10.1 Å². The summed E-state index contributed by atoms with van der Waals surface area (Å²) in [6, 6.07) is 0. The Bertz CT molecular complexity index is 442. The third-order valence-electron chi connectivity index (χ3n) is 3.38. The molecule has 1 amide bonds. The van der Waals surface area contributed by atoms with E-state index in [0.29, 0.717) is 11.6 Å². The van der Waals surface area contributed by atoms with Gasteiger partial charge in [-0.3, -0.25) is 9.68 Å². The van der Waals surface area contributed by atoms with Gasteiger partial charge in [0, 0.05) is 20.0 Å². The lowest BCUT2D eigenvalue weighted by Gasteiger charge is -2.20. The van der Waals surface area contributed by atoms with Crippen molar-refractivity contribution in [2.24, 2.45) is 13.0 Å². The highest BCUT2D eigenvalue weighted by Gasteiger charge is 2.23. The number of aryl methyl sites for hydroxylation is 1. The first-order chi connectivity index (χ1) is 9.72. The summed E-state index contributed by atoms with van der Waals surface area (Å²) >= 11 is 0. The molecule has 1 fully saturated rings. The molecule has 8 heteroatoms. The zero-order chi connectivity index (χ0) is 14.4. The summed E-state index contributed by atoms with van der Waals surface area (Å²) < 4.78 is 1.48. The van der Waals surface area contributed by atoms with Gasteiger partial charge in [0.05, 0.1) is 6.20 Å². The molecule has 3 N–H and O–H groups in total. The highest BCUT2D eigenvalue weighted by molar-refractivity contribution is 5.93. The number of rotatable bonds is 6. The topological polar surface area (TPSA) is 89.4 Å². The Balaban J connectivity index is 1.95. The van der Waals surface area contributed by atoms with Crippen LogP contribution >= 0.6 is 0 Å². The first-order valence-electron chi connectivity index (χ1n) is 6.80. The normalized spacial score (nSPS) is 16.1. The zero-order valence-electron chi connectivity index (χ0n) is 11.8. The van der Waals surface area contributed by atoms with Crippen molar-refractivity contribution in [3.63, 3.8) is 0 Å². The molecule has 2 rings (SSSR count). The van der Waals surface area contributed by atoms with Gasteiger partial charge in [-0.15, -0.1) is 0 Å².